The van der Waals surface area contributed by atoms with Crippen molar-refractivity contribution in [1.29, 1.82) is 0 Å². The zero-order valence-corrected chi connectivity index (χ0v) is 19.3. The number of benzene rings is 3. The van der Waals surface area contributed by atoms with Gasteiger partial charge in [0.1, 0.15) is 6.61 Å². The Hall–Kier alpha value is -4.04. The van der Waals surface area contributed by atoms with Crippen LogP contribution < -0.4 is 0 Å². The molecule has 1 heterocycles. The molecule has 4 rings (SSSR count). The maximum absolute atomic E-state index is 12.9. The second kappa shape index (κ2) is 9.44. The average molecular weight is 476 g/mol. The number of nitrogens with zero attached hydrogens (tertiary/aromatic N) is 1. The Morgan fingerprint density at radius 2 is 1.50 bits per heavy atom. The summed E-state index contributed by atoms with van der Waals surface area (Å²) < 4.78 is 33.8. The quantitative estimate of drug-likeness (QED) is 0.380. The molecular weight excluding hydrogens is 454 g/mol. The highest BCUT2D eigenvalue weighted by molar-refractivity contribution is 7.90. The van der Waals surface area contributed by atoms with Gasteiger partial charge in [-0.25, -0.2) is 23.0 Å². The van der Waals surface area contributed by atoms with Gasteiger partial charge >= 0.3 is 11.9 Å². The van der Waals surface area contributed by atoms with Gasteiger partial charge in [-0.3, -0.25) is 0 Å². The SMILES string of the molecule is COC(=O)c1c(COC(=O)c2ccc(S(C)(=O)=O)cc2)nc2ccccc2c1-c1ccccc1. The van der Waals surface area contributed by atoms with Gasteiger partial charge in [0.2, 0.25) is 0 Å². The molecule has 3 aromatic carbocycles. The molecule has 0 saturated heterocycles. The normalized spacial score (nSPS) is 11.2. The molecule has 172 valence electrons. The first-order valence-electron chi connectivity index (χ1n) is 10.3. The number of ether oxygens (including phenoxy) is 2. The van der Waals surface area contributed by atoms with Crippen molar-refractivity contribution in [1.82, 2.24) is 4.98 Å². The third-order valence-electron chi connectivity index (χ3n) is 5.28. The minimum Gasteiger partial charge on any atom is -0.465 e. The van der Waals surface area contributed by atoms with Gasteiger partial charge in [-0.2, -0.15) is 0 Å². The number of para-hydroxylation sites is 1. The minimum absolute atomic E-state index is 0.0979. The van der Waals surface area contributed by atoms with Crippen LogP contribution in [0.5, 0.6) is 0 Å². The first kappa shape index (κ1) is 23.1. The van der Waals surface area contributed by atoms with E-state index in [2.05, 4.69) is 4.98 Å². The molecular formula is C26H21NO6S. The molecule has 8 heteroatoms. The number of carbonyl (C=O) groups excluding carboxylic acids is 2. The summed E-state index contributed by atoms with van der Waals surface area (Å²) in [5.41, 5.74) is 2.72. The van der Waals surface area contributed by atoms with E-state index in [9.17, 15) is 18.0 Å². The Morgan fingerprint density at radius 1 is 0.853 bits per heavy atom. The molecule has 1 aromatic heterocycles. The molecule has 0 amide bonds. The lowest BCUT2D eigenvalue weighted by molar-refractivity contribution is 0.0456. The van der Waals surface area contributed by atoms with E-state index in [1.807, 2.05) is 54.6 Å². The van der Waals surface area contributed by atoms with Crippen molar-refractivity contribution in [2.45, 2.75) is 11.5 Å². The number of carbonyl (C=O) groups is 2. The minimum atomic E-state index is -3.38. The first-order valence-corrected chi connectivity index (χ1v) is 12.2. The Morgan fingerprint density at radius 3 is 2.15 bits per heavy atom. The summed E-state index contributed by atoms with van der Waals surface area (Å²) in [6.07, 6.45) is 1.09. The van der Waals surface area contributed by atoms with Crippen molar-refractivity contribution in [3.05, 3.63) is 95.7 Å². The molecule has 0 aliphatic rings. The van der Waals surface area contributed by atoms with E-state index >= 15 is 0 Å². The zero-order valence-electron chi connectivity index (χ0n) is 18.5. The largest absolute Gasteiger partial charge is 0.465 e. The Bertz CT molecular complexity index is 1480. The number of fused-ring (bicyclic) bond motifs is 1. The summed E-state index contributed by atoms with van der Waals surface area (Å²) in [4.78, 5) is 30.2. The van der Waals surface area contributed by atoms with Gasteiger partial charge in [-0.15, -0.1) is 0 Å². The van der Waals surface area contributed by atoms with Crippen molar-refractivity contribution in [2.75, 3.05) is 13.4 Å². The molecule has 0 N–H and O–H groups in total. The number of hydrogen-bond donors (Lipinski definition) is 0. The summed E-state index contributed by atoms with van der Waals surface area (Å²) in [5, 5.41) is 0.764. The van der Waals surface area contributed by atoms with Crippen molar-refractivity contribution < 1.29 is 27.5 Å². The van der Waals surface area contributed by atoms with Crippen LogP contribution in [-0.2, 0) is 25.9 Å². The van der Waals surface area contributed by atoms with Crippen LogP contribution in [0.1, 0.15) is 26.4 Å². The van der Waals surface area contributed by atoms with E-state index in [1.165, 1.54) is 31.4 Å². The summed E-state index contributed by atoms with van der Waals surface area (Å²) in [5.74, 6) is -1.27. The number of esters is 2. The summed E-state index contributed by atoms with van der Waals surface area (Å²) in [6, 6.07) is 22.2. The first-order chi connectivity index (χ1) is 16.3. The number of rotatable bonds is 6. The van der Waals surface area contributed by atoms with E-state index in [0.717, 1.165) is 17.2 Å². The van der Waals surface area contributed by atoms with Gasteiger partial charge in [-0.1, -0.05) is 48.5 Å². The molecule has 0 bridgehead atoms. The predicted molar refractivity (Wildman–Crippen MR) is 127 cm³/mol. The molecule has 0 aliphatic carbocycles. The van der Waals surface area contributed by atoms with Crippen LogP contribution in [0.2, 0.25) is 0 Å². The van der Waals surface area contributed by atoms with Crippen LogP contribution >= 0.6 is 0 Å². The molecule has 34 heavy (non-hydrogen) atoms. The molecule has 0 aliphatic heterocycles. The molecule has 4 aromatic rings. The standard InChI is InChI=1S/C26H21NO6S/c1-32-26(29)24-22(16-33-25(28)18-12-14-19(15-13-18)34(2,30)31)27-21-11-7-6-10-20(21)23(24)17-8-4-3-5-9-17/h3-15H,16H2,1-2H3. The summed E-state index contributed by atoms with van der Waals surface area (Å²) >= 11 is 0. The van der Waals surface area contributed by atoms with Crippen LogP contribution in [-0.4, -0.2) is 38.7 Å². The van der Waals surface area contributed by atoms with Crippen molar-refractivity contribution in [2.24, 2.45) is 0 Å². The number of pyridine rings is 1. The number of sulfone groups is 1. The predicted octanol–water partition coefficient (Wildman–Crippen LogP) is 4.45. The van der Waals surface area contributed by atoms with Gasteiger partial charge in [0.25, 0.3) is 0 Å². The van der Waals surface area contributed by atoms with E-state index < -0.39 is 21.8 Å². The Kier molecular flexibility index (Phi) is 6.43. The lowest BCUT2D eigenvalue weighted by Gasteiger charge is -2.16. The molecule has 0 unspecified atom stereocenters. The van der Waals surface area contributed by atoms with Crippen molar-refractivity contribution >= 4 is 32.7 Å². The lowest BCUT2D eigenvalue weighted by Crippen LogP contribution is -2.14. The number of methoxy groups -OCH3 is 1. The molecule has 0 atom stereocenters. The van der Waals surface area contributed by atoms with E-state index in [4.69, 9.17) is 9.47 Å². The van der Waals surface area contributed by atoms with Crippen LogP contribution in [0.3, 0.4) is 0 Å². The van der Waals surface area contributed by atoms with E-state index in [1.54, 1.807) is 0 Å². The van der Waals surface area contributed by atoms with Gasteiger partial charge in [-0.05, 0) is 35.9 Å². The molecule has 0 saturated carbocycles. The van der Waals surface area contributed by atoms with Crippen molar-refractivity contribution in [3.63, 3.8) is 0 Å². The molecule has 7 nitrogen and oxygen atoms in total. The van der Waals surface area contributed by atoms with Gasteiger partial charge in [0.15, 0.2) is 9.84 Å². The monoisotopic (exact) mass is 475 g/mol. The number of hydrogen-bond acceptors (Lipinski definition) is 7. The highest BCUT2D eigenvalue weighted by Gasteiger charge is 2.24. The molecule has 0 radical (unpaired) electrons. The maximum atomic E-state index is 12.9. The second-order valence-corrected chi connectivity index (χ2v) is 9.57. The fourth-order valence-corrected chi connectivity index (χ4v) is 4.28. The fraction of sp³-hybridized carbons (Fsp3) is 0.115. The van der Waals surface area contributed by atoms with Crippen LogP contribution in [0, 0.1) is 0 Å². The smallest absolute Gasteiger partial charge is 0.340 e. The second-order valence-electron chi connectivity index (χ2n) is 7.56. The highest BCUT2D eigenvalue weighted by Crippen LogP contribution is 2.34. The zero-order chi connectivity index (χ0) is 24.3. The fourth-order valence-electron chi connectivity index (χ4n) is 3.65. The maximum Gasteiger partial charge on any atom is 0.340 e. The van der Waals surface area contributed by atoms with Gasteiger partial charge in [0, 0.05) is 17.2 Å². The summed E-state index contributed by atoms with van der Waals surface area (Å²) in [6.45, 7) is -0.276. The van der Waals surface area contributed by atoms with Crippen LogP contribution in [0.15, 0.2) is 83.8 Å². The lowest BCUT2D eigenvalue weighted by atomic mass is 9.94. The topological polar surface area (TPSA) is 99.6 Å². The van der Waals surface area contributed by atoms with Crippen molar-refractivity contribution in [3.8, 4) is 11.1 Å². The molecule has 0 spiro atoms. The van der Waals surface area contributed by atoms with E-state index in [-0.39, 0.29) is 28.3 Å². The molecule has 0 fully saturated rings. The van der Waals surface area contributed by atoms with E-state index in [0.29, 0.717) is 11.1 Å². The van der Waals surface area contributed by atoms with Gasteiger partial charge < -0.3 is 9.47 Å². The Labute approximate surface area is 196 Å². The Balaban J connectivity index is 1.75. The number of aromatic nitrogens is 1. The third-order valence-corrected chi connectivity index (χ3v) is 6.41. The average Bonchev–Trinajstić information content (AvgIpc) is 2.86. The highest BCUT2D eigenvalue weighted by atomic mass is 32.2. The summed E-state index contributed by atoms with van der Waals surface area (Å²) in [7, 11) is -2.10. The van der Waals surface area contributed by atoms with Crippen LogP contribution in [0.4, 0.5) is 0 Å². The third kappa shape index (κ3) is 4.67. The van der Waals surface area contributed by atoms with Crippen LogP contribution in [0.25, 0.3) is 22.0 Å². The van der Waals surface area contributed by atoms with Gasteiger partial charge in [0.05, 0.1) is 34.3 Å².